The van der Waals surface area contributed by atoms with Crippen LogP contribution in [0.4, 0.5) is 0 Å². The average molecular weight is 264 g/mol. The molecule has 3 rings (SSSR count). The maximum absolute atomic E-state index is 2.77. The van der Waals surface area contributed by atoms with Crippen molar-refractivity contribution in [3.63, 3.8) is 0 Å². The van der Waals surface area contributed by atoms with Crippen molar-refractivity contribution in [3.05, 3.63) is 0 Å². The third-order valence-corrected chi connectivity index (χ3v) is 5.82. The van der Waals surface area contributed by atoms with Gasteiger partial charge in [-0.25, -0.2) is 0 Å². The molecule has 0 radical (unpaired) electrons. The van der Waals surface area contributed by atoms with E-state index in [4.69, 9.17) is 0 Å². The van der Waals surface area contributed by atoms with Crippen LogP contribution in [-0.2, 0) is 0 Å². The highest BCUT2D eigenvalue weighted by atomic mass is 15.3. The summed E-state index contributed by atoms with van der Waals surface area (Å²) in [6.07, 6.45) is 11.8. The molecule has 1 aliphatic carbocycles. The molecule has 0 N–H and O–H groups in total. The fourth-order valence-corrected chi connectivity index (χ4v) is 4.61. The lowest BCUT2D eigenvalue weighted by Crippen LogP contribution is -2.54. The van der Waals surface area contributed by atoms with E-state index in [1.165, 1.54) is 84.1 Å². The zero-order valence-electron chi connectivity index (χ0n) is 12.8. The summed E-state index contributed by atoms with van der Waals surface area (Å²) in [4.78, 5) is 5.52. The van der Waals surface area contributed by atoms with Gasteiger partial charge in [-0.3, -0.25) is 4.90 Å². The molecule has 0 aromatic carbocycles. The standard InChI is InChI=1S/C17H32N2/c1-15-5-4-6-16(13-15)8-10-18-11-12-19-9-3-2-7-17(19)14-18/h15-17H,2-14H2,1H3. The Bertz CT molecular complexity index is 278. The number of fused-ring (bicyclic) bond motifs is 1. The molecular weight excluding hydrogens is 232 g/mol. The van der Waals surface area contributed by atoms with Gasteiger partial charge in [0.15, 0.2) is 0 Å². The van der Waals surface area contributed by atoms with Gasteiger partial charge in [0, 0.05) is 25.7 Å². The first kappa shape index (κ1) is 13.9. The predicted octanol–water partition coefficient (Wildman–Crippen LogP) is 3.37. The molecule has 0 aromatic heterocycles. The molecule has 2 heteroatoms. The molecule has 3 unspecified atom stereocenters. The molecule has 2 heterocycles. The van der Waals surface area contributed by atoms with E-state index in [2.05, 4.69) is 16.7 Å². The molecule has 110 valence electrons. The van der Waals surface area contributed by atoms with E-state index >= 15 is 0 Å². The molecule has 0 amide bonds. The number of hydrogen-bond acceptors (Lipinski definition) is 2. The van der Waals surface area contributed by atoms with Crippen LogP contribution in [0.5, 0.6) is 0 Å². The van der Waals surface area contributed by atoms with Crippen molar-refractivity contribution in [2.45, 2.75) is 64.3 Å². The fourth-order valence-electron chi connectivity index (χ4n) is 4.61. The van der Waals surface area contributed by atoms with Gasteiger partial charge in [0.2, 0.25) is 0 Å². The molecular formula is C17H32N2. The monoisotopic (exact) mass is 264 g/mol. The Morgan fingerprint density at radius 3 is 2.79 bits per heavy atom. The van der Waals surface area contributed by atoms with Crippen molar-refractivity contribution < 1.29 is 0 Å². The van der Waals surface area contributed by atoms with Crippen LogP contribution < -0.4 is 0 Å². The van der Waals surface area contributed by atoms with Crippen molar-refractivity contribution in [2.24, 2.45) is 11.8 Å². The van der Waals surface area contributed by atoms with Gasteiger partial charge in [-0.15, -0.1) is 0 Å². The summed E-state index contributed by atoms with van der Waals surface area (Å²) in [6.45, 7) is 9.24. The Hall–Kier alpha value is -0.0800. The van der Waals surface area contributed by atoms with Crippen LogP contribution in [0.2, 0.25) is 0 Å². The normalized spacial score (nSPS) is 38.1. The zero-order valence-corrected chi connectivity index (χ0v) is 12.8. The fraction of sp³-hybridized carbons (Fsp3) is 1.00. The highest BCUT2D eigenvalue weighted by Gasteiger charge is 2.29. The number of nitrogens with zero attached hydrogens (tertiary/aromatic N) is 2. The smallest absolute Gasteiger partial charge is 0.0223 e. The largest absolute Gasteiger partial charge is 0.301 e. The van der Waals surface area contributed by atoms with Gasteiger partial charge >= 0.3 is 0 Å². The second-order valence-corrected chi connectivity index (χ2v) is 7.41. The van der Waals surface area contributed by atoms with Crippen LogP contribution in [0.25, 0.3) is 0 Å². The van der Waals surface area contributed by atoms with Gasteiger partial charge in [-0.1, -0.05) is 32.6 Å². The number of hydrogen-bond donors (Lipinski definition) is 0. The maximum atomic E-state index is 2.77. The second-order valence-electron chi connectivity index (χ2n) is 7.41. The van der Waals surface area contributed by atoms with Crippen molar-refractivity contribution in [2.75, 3.05) is 32.7 Å². The molecule has 0 spiro atoms. The molecule has 3 aliphatic rings. The van der Waals surface area contributed by atoms with E-state index in [1.54, 1.807) is 0 Å². The Morgan fingerprint density at radius 2 is 1.89 bits per heavy atom. The summed E-state index contributed by atoms with van der Waals surface area (Å²) in [7, 11) is 0. The Morgan fingerprint density at radius 1 is 0.947 bits per heavy atom. The second kappa shape index (κ2) is 6.58. The summed E-state index contributed by atoms with van der Waals surface area (Å²) >= 11 is 0. The third-order valence-electron chi connectivity index (χ3n) is 5.82. The Balaban J connectivity index is 1.40. The minimum atomic E-state index is 0.896. The van der Waals surface area contributed by atoms with Crippen LogP contribution in [0.1, 0.15) is 58.3 Å². The summed E-state index contributed by atoms with van der Waals surface area (Å²) in [5.41, 5.74) is 0. The van der Waals surface area contributed by atoms with Gasteiger partial charge < -0.3 is 4.90 Å². The molecule has 1 saturated carbocycles. The van der Waals surface area contributed by atoms with Crippen LogP contribution >= 0.6 is 0 Å². The molecule has 19 heavy (non-hydrogen) atoms. The number of piperidine rings is 1. The van der Waals surface area contributed by atoms with Gasteiger partial charge in [0.25, 0.3) is 0 Å². The van der Waals surface area contributed by atoms with Crippen molar-refractivity contribution in [1.82, 2.24) is 9.80 Å². The van der Waals surface area contributed by atoms with Crippen LogP contribution in [0, 0.1) is 11.8 Å². The first-order chi connectivity index (χ1) is 9.31. The predicted molar refractivity (Wildman–Crippen MR) is 81.4 cm³/mol. The highest BCUT2D eigenvalue weighted by Crippen LogP contribution is 2.31. The van der Waals surface area contributed by atoms with Crippen LogP contribution in [-0.4, -0.2) is 48.6 Å². The highest BCUT2D eigenvalue weighted by molar-refractivity contribution is 4.85. The van der Waals surface area contributed by atoms with Gasteiger partial charge in [-0.2, -0.15) is 0 Å². The first-order valence-corrected chi connectivity index (χ1v) is 8.77. The Labute approximate surface area is 119 Å². The van der Waals surface area contributed by atoms with Crippen molar-refractivity contribution in [1.29, 1.82) is 0 Å². The van der Waals surface area contributed by atoms with Gasteiger partial charge in [0.1, 0.15) is 0 Å². The minimum absolute atomic E-state index is 0.896. The van der Waals surface area contributed by atoms with E-state index in [-0.39, 0.29) is 0 Å². The average Bonchev–Trinajstić information content (AvgIpc) is 2.45. The lowest BCUT2D eigenvalue weighted by atomic mass is 9.81. The molecule has 3 fully saturated rings. The van der Waals surface area contributed by atoms with E-state index < -0.39 is 0 Å². The number of rotatable bonds is 3. The van der Waals surface area contributed by atoms with Crippen molar-refractivity contribution >= 4 is 0 Å². The molecule has 0 aromatic rings. The van der Waals surface area contributed by atoms with E-state index in [0.29, 0.717) is 0 Å². The maximum Gasteiger partial charge on any atom is 0.0223 e. The molecule has 2 saturated heterocycles. The first-order valence-electron chi connectivity index (χ1n) is 8.77. The third kappa shape index (κ3) is 3.72. The summed E-state index contributed by atoms with van der Waals surface area (Å²) in [6, 6.07) is 0.896. The van der Waals surface area contributed by atoms with Crippen LogP contribution in [0.3, 0.4) is 0 Å². The SMILES string of the molecule is CC1CCCC(CCN2CCN3CCCCC3C2)C1. The molecule has 0 bridgehead atoms. The van der Waals surface area contributed by atoms with Crippen molar-refractivity contribution in [3.8, 4) is 0 Å². The van der Waals surface area contributed by atoms with E-state index in [1.807, 2.05) is 0 Å². The molecule has 2 aliphatic heterocycles. The van der Waals surface area contributed by atoms with Crippen LogP contribution in [0.15, 0.2) is 0 Å². The zero-order chi connectivity index (χ0) is 13.1. The lowest BCUT2D eigenvalue weighted by molar-refractivity contribution is 0.0452. The summed E-state index contributed by atoms with van der Waals surface area (Å²) in [5.74, 6) is 2.03. The summed E-state index contributed by atoms with van der Waals surface area (Å²) in [5, 5.41) is 0. The van der Waals surface area contributed by atoms with E-state index in [0.717, 1.165) is 17.9 Å². The topological polar surface area (TPSA) is 6.48 Å². The number of piperazine rings is 1. The van der Waals surface area contributed by atoms with Gasteiger partial charge in [-0.05, 0) is 50.6 Å². The lowest BCUT2D eigenvalue weighted by Gasteiger charge is -2.44. The Kier molecular flexibility index (Phi) is 4.81. The minimum Gasteiger partial charge on any atom is -0.301 e. The molecule has 3 atom stereocenters. The van der Waals surface area contributed by atoms with Gasteiger partial charge in [0.05, 0.1) is 0 Å². The van der Waals surface area contributed by atoms with E-state index in [9.17, 15) is 0 Å². The summed E-state index contributed by atoms with van der Waals surface area (Å²) < 4.78 is 0. The molecule has 2 nitrogen and oxygen atoms in total. The quantitative estimate of drug-likeness (QED) is 0.771.